The zero-order valence-electron chi connectivity index (χ0n) is 13.6. The van der Waals surface area contributed by atoms with Crippen LogP contribution in [0.4, 0.5) is 5.82 Å². The van der Waals surface area contributed by atoms with Crippen LogP contribution in [0.25, 0.3) is 17.1 Å². The number of pyridine rings is 2. The van der Waals surface area contributed by atoms with Gasteiger partial charge in [-0.3, -0.25) is 14.3 Å². The van der Waals surface area contributed by atoms with Crippen molar-refractivity contribution in [3.05, 3.63) is 85.1 Å². The number of carbonyl (C=O) groups is 1. The van der Waals surface area contributed by atoms with Crippen molar-refractivity contribution in [1.82, 2.24) is 24.7 Å². The van der Waals surface area contributed by atoms with E-state index in [0.717, 1.165) is 11.3 Å². The van der Waals surface area contributed by atoms with Crippen LogP contribution in [0.2, 0.25) is 0 Å². The fraction of sp³-hybridized carbons (Fsp3) is 0. The second kappa shape index (κ2) is 6.94. The van der Waals surface area contributed by atoms with Crippen molar-refractivity contribution in [2.24, 2.45) is 0 Å². The fourth-order valence-corrected chi connectivity index (χ4v) is 2.50. The first kappa shape index (κ1) is 15.6. The van der Waals surface area contributed by atoms with Crippen LogP contribution < -0.4 is 5.32 Å². The number of hydrogen-bond acceptors (Lipinski definition) is 5. The van der Waals surface area contributed by atoms with Crippen molar-refractivity contribution in [1.29, 1.82) is 0 Å². The third kappa shape index (κ3) is 3.18. The van der Waals surface area contributed by atoms with E-state index in [2.05, 4.69) is 25.5 Å². The van der Waals surface area contributed by atoms with Crippen LogP contribution in [-0.4, -0.2) is 30.6 Å². The third-order valence-corrected chi connectivity index (χ3v) is 3.79. The number of rotatable bonds is 4. The van der Waals surface area contributed by atoms with Crippen LogP contribution in [0.3, 0.4) is 0 Å². The van der Waals surface area contributed by atoms with Gasteiger partial charge in [0.05, 0.1) is 0 Å². The second-order valence-corrected chi connectivity index (χ2v) is 5.48. The van der Waals surface area contributed by atoms with Crippen molar-refractivity contribution in [3.63, 3.8) is 0 Å². The molecule has 1 N–H and O–H groups in total. The topological polar surface area (TPSA) is 85.6 Å². The number of anilines is 1. The minimum atomic E-state index is -0.236. The lowest BCUT2D eigenvalue weighted by Crippen LogP contribution is -2.12. The molecule has 4 aromatic rings. The summed E-state index contributed by atoms with van der Waals surface area (Å²) in [5.41, 5.74) is 2.28. The van der Waals surface area contributed by atoms with Gasteiger partial charge in [-0.25, -0.2) is 4.98 Å². The predicted octanol–water partition coefficient (Wildman–Crippen LogP) is 2.98. The summed E-state index contributed by atoms with van der Waals surface area (Å²) in [6.07, 6.45) is 6.46. The molecule has 1 amide bonds. The van der Waals surface area contributed by atoms with Crippen LogP contribution >= 0.6 is 0 Å². The van der Waals surface area contributed by atoms with Crippen LogP contribution in [0, 0.1) is 0 Å². The summed E-state index contributed by atoms with van der Waals surface area (Å²) in [5, 5.41) is 10.9. The Hall–Kier alpha value is -3.87. The Morgan fingerprint density at radius 3 is 2.50 bits per heavy atom. The third-order valence-electron chi connectivity index (χ3n) is 3.79. The van der Waals surface area contributed by atoms with Crippen LogP contribution in [-0.2, 0) is 0 Å². The Bertz CT molecular complexity index is 1010. The van der Waals surface area contributed by atoms with Crippen molar-refractivity contribution in [3.8, 4) is 17.1 Å². The van der Waals surface area contributed by atoms with Crippen molar-refractivity contribution in [2.75, 3.05) is 5.32 Å². The van der Waals surface area contributed by atoms with Crippen LogP contribution in [0.15, 0.2) is 79.5 Å². The summed E-state index contributed by atoms with van der Waals surface area (Å²) in [5.74, 6) is 0.900. The second-order valence-electron chi connectivity index (χ2n) is 5.48. The van der Waals surface area contributed by atoms with Gasteiger partial charge in [0.15, 0.2) is 5.82 Å². The minimum absolute atomic E-state index is 0.236. The van der Waals surface area contributed by atoms with Gasteiger partial charge in [0.1, 0.15) is 12.1 Å². The summed E-state index contributed by atoms with van der Waals surface area (Å²) in [4.78, 5) is 20.4. The molecule has 0 fully saturated rings. The molecule has 0 aliphatic rings. The van der Waals surface area contributed by atoms with Crippen LogP contribution in [0.5, 0.6) is 0 Å². The van der Waals surface area contributed by atoms with E-state index in [9.17, 15) is 4.79 Å². The van der Waals surface area contributed by atoms with E-state index in [4.69, 9.17) is 0 Å². The van der Waals surface area contributed by atoms with E-state index in [-0.39, 0.29) is 5.91 Å². The van der Waals surface area contributed by atoms with Gasteiger partial charge in [-0.05, 0) is 36.4 Å². The standard InChI is InChI=1S/C19H14N6O/c26-19(14-8-10-20-11-9-14)23-17-7-6-15(12-21-17)18-24-22-13-25(18)16-4-2-1-3-5-16/h1-13H,(H,21,23,26). The van der Waals surface area contributed by atoms with Gasteiger partial charge < -0.3 is 5.32 Å². The highest BCUT2D eigenvalue weighted by Gasteiger charge is 2.11. The first-order chi connectivity index (χ1) is 12.8. The molecule has 0 spiro atoms. The number of carbonyl (C=O) groups excluding carboxylic acids is 1. The Morgan fingerprint density at radius 2 is 1.77 bits per heavy atom. The number of hydrogen-bond donors (Lipinski definition) is 1. The van der Waals surface area contributed by atoms with Crippen molar-refractivity contribution >= 4 is 11.7 Å². The molecule has 26 heavy (non-hydrogen) atoms. The molecule has 0 aliphatic carbocycles. The number of para-hydroxylation sites is 1. The average Bonchev–Trinajstić information content (AvgIpc) is 3.20. The molecular formula is C19H14N6O. The smallest absolute Gasteiger partial charge is 0.256 e. The van der Waals surface area contributed by atoms with E-state index in [0.29, 0.717) is 17.2 Å². The van der Waals surface area contributed by atoms with Gasteiger partial charge in [-0.15, -0.1) is 10.2 Å². The number of aromatic nitrogens is 5. The van der Waals surface area contributed by atoms with Gasteiger partial charge in [-0.1, -0.05) is 18.2 Å². The van der Waals surface area contributed by atoms with E-state index in [1.54, 1.807) is 43.1 Å². The maximum absolute atomic E-state index is 12.2. The van der Waals surface area contributed by atoms with Gasteiger partial charge in [0.2, 0.25) is 0 Å². The Labute approximate surface area is 149 Å². The van der Waals surface area contributed by atoms with E-state index < -0.39 is 0 Å². The molecule has 3 aromatic heterocycles. The molecule has 0 saturated carbocycles. The van der Waals surface area contributed by atoms with E-state index >= 15 is 0 Å². The molecule has 7 nitrogen and oxygen atoms in total. The first-order valence-corrected chi connectivity index (χ1v) is 7.94. The molecule has 3 heterocycles. The molecule has 0 atom stereocenters. The average molecular weight is 342 g/mol. The summed E-state index contributed by atoms with van der Waals surface area (Å²) >= 11 is 0. The molecule has 0 saturated heterocycles. The lowest BCUT2D eigenvalue weighted by Gasteiger charge is -2.07. The van der Waals surface area contributed by atoms with Gasteiger partial charge in [0.25, 0.3) is 5.91 Å². The molecule has 1 aromatic carbocycles. The van der Waals surface area contributed by atoms with E-state index in [1.807, 2.05) is 41.0 Å². The number of nitrogens with one attached hydrogen (secondary N) is 1. The summed E-state index contributed by atoms with van der Waals surface area (Å²) < 4.78 is 1.88. The minimum Gasteiger partial charge on any atom is -0.307 e. The monoisotopic (exact) mass is 342 g/mol. The molecule has 0 aliphatic heterocycles. The SMILES string of the molecule is O=C(Nc1ccc(-c2nncn2-c2ccccc2)cn1)c1ccncc1. The largest absolute Gasteiger partial charge is 0.307 e. The molecular weight excluding hydrogens is 328 g/mol. The Morgan fingerprint density at radius 1 is 0.962 bits per heavy atom. The molecule has 7 heteroatoms. The number of amides is 1. The predicted molar refractivity (Wildman–Crippen MR) is 96.8 cm³/mol. The summed E-state index contributed by atoms with van der Waals surface area (Å²) in [7, 11) is 0. The molecule has 0 unspecified atom stereocenters. The fourth-order valence-electron chi connectivity index (χ4n) is 2.50. The lowest BCUT2D eigenvalue weighted by atomic mass is 10.2. The number of benzene rings is 1. The highest BCUT2D eigenvalue weighted by Crippen LogP contribution is 2.20. The summed E-state index contributed by atoms with van der Waals surface area (Å²) in [6.45, 7) is 0. The molecule has 0 radical (unpaired) electrons. The molecule has 126 valence electrons. The van der Waals surface area contributed by atoms with Crippen LogP contribution in [0.1, 0.15) is 10.4 Å². The maximum Gasteiger partial charge on any atom is 0.256 e. The van der Waals surface area contributed by atoms with Gasteiger partial charge >= 0.3 is 0 Å². The van der Waals surface area contributed by atoms with Crippen molar-refractivity contribution < 1.29 is 4.79 Å². The lowest BCUT2D eigenvalue weighted by molar-refractivity contribution is 0.102. The zero-order chi connectivity index (χ0) is 17.8. The highest BCUT2D eigenvalue weighted by atomic mass is 16.1. The Kier molecular flexibility index (Phi) is 4.17. The quantitative estimate of drug-likeness (QED) is 0.616. The zero-order valence-corrected chi connectivity index (χ0v) is 13.6. The van der Waals surface area contributed by atoms with Gasteiger partial charge in [0, 0.05) is 35.4 Å². The first-order valence-electron chi connectivity index (χ1n) is 7.94. The van der Waals surface area contributed by atoms with Crippen molar-refractivity contribution in [2.45, 2.75) is 0 Å². The number of nitrogens with zero attached hydrogens (tertiary/aromatic N) is 5. The Balaban J connectivity index is 1.56. The maximum atomic E-state index is 12.2. The normalized spacial score (nSPS) is 10.5. The summed E-state index contributed by atoms with van der Waals surface area (Å²) in [6, 6.07) is 16.7. The van der Waals surface area contributed by atoms with E-state index in [1.165, 1.54) is 0 Å². The molecule has 4 rings (SSSR count). The highest BCUT2D eigenvalue weighted by molar-refractivity contribution is 6.03. The van der Waals surface area contributed by atoms with Gasteiger partial charge in [-0.2, -0.15) is 0 Å². The molecule has 0 bridgehead atoms.